The number of rotatable bonds is 2. The molecule has 140 valence electrons. The SMILES string of the molecule is Cc1cnc(F)c(-c2c(-c3cccc(S)c3)cc(C(F)(F)F)c(C)c2N)c1. The van der Waals surface area contributed by atoms with E-state index in [9.17, 15) is 17.6 Å². The lowest BCUT2D eigenvalue weighted by molar-refractivity contribution is -0.137. The van der Waals surface area contributed by atoms with Crippen LogP contribution in [0.3, 0.4) is 0 Å². The molecule has 0 atom stereocenters. The number of anilines is 1. The number of alkyl halides is 3. The Kier molecular flexibility index (Phi) is 4.90. The second-order valence-corrected chi connectivity index (χ2v) is 6.80. The number of nitrogens with zero attached hydrogens (tertiary/aromatic N) is 1. The topological polar surface area (TPSA) is 38.9 Å². The third-order valence-electron chi connectivity index (χ3n) is 4.34. The van der Waals surface area contributed by atoms with Crippen LogP contribution in [0.15, 0.2) is 47.5 Å². The van der Waals surface area contributed by atoms with E-state index in [1.165, 1.54) is 19.2 Å². The largest absolute Gasteiger partial charge is 0.416 e. The highest BCUT2D eigenvalue weighted by Gasteiger charge is 2.35. The molecule has 0 aliphatic heterocycles. The molecule has 0 spiro atoms. The minimum absolute atomic E-state index is 0.0592. The molecule has 27 heavy (non-hydrogen) atoms. The van der Waals surface area contributed by atoms with Crippen molar-refractivity contribution in [2.75, 3.05) is 5.73 Å². The van der Waals surface area contributed by atoms with Crippen LogP contribution < -0.4 is 5.73 Å². The molecule has 1 aromatic heterocycles. The van der Waals surface area contributed by atoms with E-state index in [0.29, 0.717) is 16.0 Å². The van der Waals surface area contributed by atoms with Crippen molar-refractivity contribution in [3.05, 3.63) is 65.2 Å². The van der Waals surface area contributed by atoms with E-state index in [1.807, 2.05) is 0 Å². The zero-order valence-electron chi connectivity index (χ0n) is 14.5. The summed E-state index contributed by atoms with van der Waals surface area (Å²) in [5.41, 5.74) is 6.50. The van der Waals surface area contributed by atoms with Crippen LogP contribution >= 0.6 is 12.6 Å². The molecule has 2 nitrogen and oxygen atoms in total. The van der Waals surface area contributed by atoms with Crippen molar-refractivity contribution in [3.63, 3.8) is 0 Å². The summed E-state index contributed by atoms with van der Waals surface area (Å²) in [4.78, 5) is 4.25. The van der Waals surface area contributed by atoms with Crippen LogP contribution in [0, 0.1) is 19.8 Å². The molecular weight excluding hydrogens is 376 g/mol. The Labute approximate surface area is 159 Å². The maximum atomic E-state index is 14.5. The molecule has 7 heteroatoms. The summed E-state index contributed by atoms with van der Waals surface area (Å²) in [6, 6.07) is 9.13. The first-order valence-electron chi connectivity index (χ1n) is 8.01. The minimum Gasteiger partial charge on any atom is -0.398 e. The zero-order valence-corrected chi connectivity index (χ0v) is 15.4. The number of halogens is 4. The van der Waals surface area contributed by atoms with E-state index < -0.39 is 17.7 Å². The quantitative estimate of drug-likeness (QED) is 0.241. The van der Waals surface area contributed by atoms with Gasteiger partial charge in [-0.25, -0.2) is 4.98 Å². The molecule has 0 radical (unpaired) electrons. The lowest BCUT2D eigenvalue weighted by Crippen LogP contribution is -2.11. The Balaban J connectivity index is 2.45. The fourth-order valence-electron chi connectivity index (χ4n) is 3.02. The Morgan fingerprint density at radius 3 is 2.37 bits per heavy atom. The lowest BCUT2D eigenvalue weighted by atomic mass is 9.88. The molecule has 0 aliphatic carbocycles. The number of nitrogen functional groups attached to an aromatic ring is 1. The van der Waals surface area contributed by atoms with Gasteiger partial charge in [-0.15, -0.1) is 12.6 Å². The van der Waals surface area contributed by atoms with Gasteiger partial charge >= 0.3 is 6.18 Å². The molecule has 0 amide bonds. The van der Waals surface area contributed by atoms with Gasteiger partial charge in [0.05, 0.1) is 5.56 Å². The van der Waals surface area contributed by atoms with Gasteiger partial charge in [-0.05, 0) is 60.4 Å². The Morgan fingerprint density at radius 2 is 1.74 bits per heavy atom. The van der Waals surface area contributed by atoms with Gasteiger partial charge in [0.15, 0.2) is 0 Å². The maximum absolute atomic E-state index is 14.5. The fourth-order valence-corrected chi connectivity index (χ4v) is 3.24. The number of thiol groups is 1. The zero-order chi connectivity index (χ0) is 19.9. The fraction of sp³-hybridized carbons (Fsp3) is 0.150. The summed E-state index contributed by atoms with van der Waals surface area (Å²) in [6.07, 6.45) is -3.24. The molecule has 0 fully saturated rings. The van der Waals surface area contributed by atoms with Crippen LogP contribution in [-0.4, -0.2) is 4.98 Å². The molecule has 3 rings (SSSR count). The second kappa shape index (κ2) is 6.88. The Bertz CT molecular complexity index is 1030. The van der Waals surface area contributed by atoms with Gasteiger partial charge < -0.3 is 5.73 Å². The summed E-state index contributed by atoms with van der Waals surface area (Å²) in [5, 5.41) is 0. The number of hydrogen-bond acceptors (Lipinski definition) is 3. The number of aromatic nitrogens is 1. The second-order valence-electron chi connectivity index (χ2n) is 6.28. The van der Waals surface area contributed by atoms with Crippen molar-refractivity contribution >= 4 is 18.3 Å². The summed E-state index contributed by atoms with van der Waals surface area (Å²) in [7, 11) is 0. The third-order valence-corrected chi connectivity index (χ3v) is 4.62. The molecule has 3 aromatic rings. The summed E-state index contributed by atoms with van der Waals surface area (Å²) in [6.45, 7) is 3.00. The Hall–Kier alpha value is -2.54. The number of pyridine rings is 1. The van der Waals surface area contributed by atoms with Crippen molar-refractivity contribution in [1.82, 2.24) is 4.98 Å². The van der Waals surface area contributed by atoms with Crippen LogP contribution in [0.5, 0.6) is 0 Å². The van der Waals surface area contributed by atoms with E-state index >= 15 is 0 Å². The predicted octanol–water partition coefficient (Wildman–Crippen LogP) is 6.06. The Morgan fingerprint density at radius 1 is 1.04 bits per heavy atom. The van der Waals surface area contributed by atoms with E-state index in [2.05, 4.69) is 17.6 Å². The first-order valence-corrected chi connectivity index (χ1v) is 8.46. The molecule has 2 N–H and O–H groups in total. The van der Waals surface area contributed by atoms with E-state index in [1.54, 1.807) is 31.2 Å². The van der Waals surface area contributed by atoms with Crippen molar-refractivity contribution in [3.8, 4) is 22.3 Å². The molecule has 0 saturated carbocycles. The average molecular weight is 392 g/mol. The summed E-state index contributed by atoms with van der Waals surface area (Å²) < 4.78 is 55.0. The summed E-state index contributed by atoms with van der Waals surface area (Å²) >= 11 is 4.25. The van der Waals surface area contributed by atoms with E-state index in [4.69, 9.17) is 5.73 Å². The molecular formula is C20H16F4N2S. The van der Waals surface area contributed by atoms with Gasteiger partial charge in [0.25, 0.3) is 0 Å². The van der Waals surface area contributed by atoms with Crippen molar-refractivity contribution in [2.24, 2.45) is 0 Å². The number of benzene rings is 2. The van der Waals surface area contributed by atoms with Gasteiger partial charge in [-0.1, -0.05) is 12.1 Å². The van der Waals surface area contributed by atoms with Crippen molar-refractivity contribution in [1.29, 1.82) is 0 Å². The van der Waals surface area contributed by atoms with Gasteiger partial charge in [0.1, 0.15) is 0 Å². The third kappa shape index (κ3) is 3.64. The monoisotopic (exact) mass is 392 g/mol. The first kappa shape index (κ1) is 19.2. The van der Waals surface area contributed by atoms with Crippen molar-refractivity contribution < 1.29 is 17.6 Å². The molecule has 0 bridgehead atoms. The van der Waals surface area contributed by atoms with Gasteiger partial charge in [-0.2, -0.15) is 17.6 Å². The molecule has 0 saturated heterocycles. The number of hydrogen-bond donors (Lipinski definition) is 2. The van der Waals surface area contributed by atoms with Crippen molar-refractivity contribution in [2.45, 2.75) is 24.9 Å². The first-order chi connectivity index (χ1) is 12.6. The van der Waals surface area contributed by atoms with Crippen LogP contribution in [-0.2, 0) is 6.18 Å². The van der Waals surface area contributed by atoms with Crippen LogP contribution in [0.2, 0.25) is 0 Å². The number of aryl methyl sites for hydroxylation is 1. The standard InChI is InChI=1S/C20H16F4N2S/c1-10-6-15(19(21)26-9-10)17-14(12-4-3-5-13(27)7-12)8-16(20(22,23)24)11(2)18(17)25/h3-9,27H,25H2,1-2H3. The van der Waals surface area contributed by atoms with Crippen LogP contribution in [0.25, 0.3) is 22.3 Å². The minimum atomic E-state index is -4.59. The van der Waals surface area contributed by atoms with Gasteiger partial charge in [0, 0.05) is 27.9 Å². The van der Waals surface area contributed by atoms with E-state index in [-0.39, 0.29) is 27.9 Å². The number of nitrogens with two attached hydrogens (primary N) is 1. The predicted molar refractivity (Wildman–Crippen MR) is 101 cm³/mol. The van der Waals surface area contributed by atoms with E-state index in [0.717, 1.165) is 6.07 Å². The van der Waals surface area contributed by atoms with Gasteiger partial charge in [0.2, 0.25) is 5.95 Å². The molecule has 0 aliphatic rings. The average Bonchev–Trinajstić information content (AvgIpc) is 2.58. The van der Waals surface area contributed by atoms with Crippen LogP contribution in [0.4, 0.5) is 23.2 Å². The highest BCUT2D eigenvalue weighted by Crippen LogP contribution is 2.45. The smallest absolute Gasteiger partial charge is 0.398 e. The highest BCUT2D eigenvalue weighted by molar-refractivity contribution is 7.80. The highest BCUT2D eigenvalue weighted by atomic mass is 32.1. The normalized spacial score (nSPS) is 11.7. The van der Waals surface area contributed by atoms with Gasteiger partial charge in [-0.3, -0.25) is 0 Å². The van der Waals surface area contributed by atoms with Crippen LogP contribution in [0.1, 0.15) is 16.7 Å². The summed E-state index contributed by atoms with van der Waals surface area (Å²) in [5.74, 6) is -0.797. The lowest BCUT2D eigenvalue weighted by Gasteiger charge is -2.20. The molecule has 0 unspecified atom stereocenters. The molecule has 1 heterocycles. The maximum Gasteiger partial charge on any atom is 0.416 e. The molecule has 2 aromatic carbocycles.